The Balaban J connectivity index is 1.48. The summed E-state index contributed by atoms with van der Waals surface area (Å²) in [5, 5.41) is 7.59. The lowest BCUT2D eigenvalue weighted by Crippen LogP contribution is -2.16. The summed E-state index contributed by atoms with van der Waals surface area (Å²) < 4.78 is 30.1. The average molecular weight is 506 g/mol. The largest absolute Gasteiger partial charge is 0.324 e. The first-order chi connectivity index (χ1) is 17.4. The molecule has 2 aromatic carbocycles. The van der Waals surface area contributed by atoms with Crippen LogP contribution in [-0.4, -0.2) is 44.3 Å². The van der Waals surface area contributed by atoms with E-state index in [9.17, 15) is 13.6 Å². The Morgan fingerprint density at radius 3 is 2.64 bits per heavy atom. The highest BCUT2D eigenvalue weighted by molar-refractivity contribution is 7.15. The molecular formula is C25H21F2N7OS. The van der Waals surface area contributed by atoms with Crippen molar-refractivity contribution < 1.29 is 13.6 Å². The number of nitrogens with one attached hydrogen (secondary N) is 2. The maximum absolute atomic E-state index is 14.2. The molecule has 11 heteroatoms. The second-order valence-electron chi connectivity index (χ2n) is 8.24. The minimum Gasteiger partial charge on any atom is -0.324 e. The van der Waals surface area contributed by atoms with E-state index in [0.29, 0.717) is 22.3 Å². The monoisotopic (exact) mass is 505 g/mol. The lowest BCUT2D eigenvalue weighted by molar-refractivity contribution is 0.101. The van der Waals surface area contributed by atoms with Gasteiger partial charge in [-0.3, -0.25) is 9.20 Å². The van der Waals surface area contributed by atoms with Gasteiger partial charge in [-0.05, 0) is 50.0 Å². The Kier molecular flexibility index (Phi) is 6.40. The number of carbonyl (C=O) groups is 1. The van der Waals surface area contributed by atoms with Crippen LogP contribution < -0.4 is 10.6 Å². The summed E-state index contributed by atoms with van der Waals surface area (Å²) >= 11 is 1.35. The lowest BCUT2D eigenvalue weighted by atomic mass is 10.2. The van der Waals surface area contributed by atoms with Crippen LogP contribution in [0.1, 0.15) is 15.9 Å². The summed E-state index contributed by atoms with van der Waals surface area (Å²) in [6, 6.07) is 12.8. The van der Waals surface area contributed by atoms with Crippen molar-refractivity contribution in [2.24, 2.45) is 0 Å². The maximum Gasteiger partial charge on any atom is 0.262 e. The molecule has 0 spiro atoms. The van der Waals surface area contributed by atoms with Crippen molar-refractivity contribution >= 4 is 39.7 Å². The number of thiazole rings is 1. The van der Waals surface area contributed by atoms with Crippen molar-refractivity contribution in [3.8, 4) is 11.4 Å². The first-order valence-corrected chi connectivity index (χ1v) is 11.8. The molecule has 0 saturated heterocycles. The van der Waals surface area contributed by atoms with Crippen molar-refractivity contribution in [1.82, 2.24) is 24.3 Å². The summed E-state index contributed by atoms with van der Waals surface area (Å²) in [7, 11) is 4.00. The first-order valence-electron chi connectivity index (χ1n) is 10.9. The number of aromatic nitrogens is 4. The van der Waals surface area contributed by atoms with Crippen molar-refractivity contribution in [1.29, 1.82) is 0 Å². The molecule has 0 unspecified atom stereocenters. The molecule has 8 nitrogen and oxygen atoms in total. The number of hydrogen-bond donors (Lipinski definition) is 2. The van der Waals surface area contributed by atoms with E-state index in [1.807, 2.05) is 43.7 Å². The Morgan fingerprint density at radius 1 is 1.08 bits per heavy atom. The van der Waals surface area contributed by atoms with E-state index < -0.39 is 23.1 Å². The van der Waals surface area contributed by atoms with Gasteiger partial charge in [-0.2, -0.15) is 0 Å². The van der Waals surface area contributed by atoms with Crippen molar-refractivity contribution in [2.75, 3.05) is 24.7 Å². The number of rotatable bonds is 7. The van der Waals surface area contributed by atoms with Crippen LogP contribution in [0.3, 0.4) is 0 Å². The molecule has 0 aliphatic carbocycles. The van der Waals surface area contributed by atoms with Gasteiger partial charge in [0.25, 0.3) is 5.91 Å². The maximum atomic E-state index is 14.2. The summed E-state index contributed by atoms with van der Waals surface area (Å²) in [5.74, 6) is -2.38. The summed E-state index contributed by atoms with van der Waals surface area (Å²) in [5.41, 5.74) is 2.20. The van der Waals surface area contributed by atoms with Crippen LogP contribution in [0.15, 0.2) is 66.3 Å². The molecule has 0 bridgehead atoms. The zero-order valence-electron chi connectivity index (χ0n) is 19.4. The van der Waals surface area contributed by atoms with Crippen molar-refractivity contribution in [3.63, 3.8) is 0 Å². The quantitative estimate of drug-likeness (QED) is 0.317. The van der Waals surface area contributed by atoms with Gasteiger partial charge in [0, 0.05) is 30.0 Å². The van der Waals surface area contributed by atoms with E-state index in [1.165, 1.54) is 17.4 Å². The molecule has 0 aliphatic rings. The van der Waals surface area contributed by atoms with Gasteiger partial charge in [0.2, 0.25) is 5.95 Å². The zero-order valence-corrected chi connectivity index (χ0v) is 20.2. The SMILES string of the molecule is CN(C)Cc1cccc(Nc2nccc(-c3c(NC(=O)c4c(F)cccc4F)nc4sccn34)n2)c1. The number of amides is 1. The van der Waals surface area contributed by atoms with Crippen LogP contribution >= 0.6 is 11.3 Å². The number of carbonyl (C=O) groups excluding carboxylic acids is 1. The molecule has 0 saturated carbocycles. The Hall–Kier alpha value is -4.22. The van der Waals surface area contributed by atoms with Gasteiger partial charge in [-0.25, -0.2) is 23.7 Å². The lowest BCUT2D eigenvalue weighted by Gasteiger charge is -2.12. The fraction of sp³-hybridized carbons (Fsp3) is 0.120. The average Bonchev–Trinajstić information content (AvgIpc) is 3.40. The molecule has 5 rings (SSSR count). The van der Waals surface area contributed by atoms with Gasteiger partial charge < -0.3 is 15.5 Å². The number of hydrogen-bond acceptors (Lipinski definition) is 7. The third-order valence-electron chi connectivity index (χ3n) is 5.26. The van der Waals surface area contributed by atoms with E-state index in [2.05, 4.69) is 30.5 Å². The van der Waals surface area contributed by atoms with E-state index in [1.54, 1.807) is 22.9 Å². The fourth-order valence-corrected chi connectivity index (χ4v) is 4.51. The highest BCUT2D eigenvalue weighted by Crippen LogP contribution is 2.31. The molecule has 182 valence electrons. The van der Waals surface area contributed by atoms with Gasteiger partial charge in [0.1, 0.15) is 22.9 Å². The van der Waals surface area contributed by atoms with Gasteiger partial charge >= 0.3 is 0 Å². The van der Waals surface area contributed by atoms with E-state index in [-0.39, 0.29) is 5.82 Å². The number of nitrogens with zero attached hydrogens (tertiary/aromatic N) is 5. The first kappa shape index (κ1) is 23.5. The van der Waals surface area contributed by atoms with Gasteiger partial charge in [0.15, 0.2) is 10.8 Å². The van der Waals surface area contributed by atoms with Crippen LogP contribution in [-0.2, 0) is 6.54 Å². The van der Waals surface area contributed by atoms with Crippen LogP contribution in [0.25, 0.3) is 16.3 Å². The van der Waals surface area contributed by atoms with Crippen molar-refractivity contribution in [2.45, 2.75) is 6.54 Å². The Bertz CT molecular complexity index is 1540. The molecule has 0 fully saturated rings. The highest BCUT2D eigenvalue weighted by atomic mass is 32.1. The predicted octanol–water partition coefficient (Wildman–Crippen LogP) is 5.19. The Morgan fingerprint density at radius 2 is 1.86 bits per heavy atom. The molecule has 1 amide bonds. The standard InChI is InChI=1S/C25H21F2N7OS/c1-33(2)14-15-5-3-6-16(13-15)29-24-28-10-9-19(30-24)21-22(32-25-34(21)11-12-36-25)31-23(35)20-17(26)7-4-8-18(20)27/h3-13H,14H2,1-2H3,(H,31,35)(H,28,29,30). The number of imidazole rings is 1. The van der Waals surface area contributed by atoms with E-state index in [4.69, 9.17) is 0 Å². The van der Waals surface area contributed by atoms with E-state index >= 15 is 0 Å². The second kappa shape index (κ2) is 9.80. The normalized spacial score (nSPS) is 11.2. The number of halogens is 2. The molecule has 0 atom stereocenters. The van der Waals surface area contributed by atoms with Crippen LogP contribution in [0.4, 0.5) is 26.2 Å². The topological polar surface area (TPSA) is 87.5 Å². The number of fused-ring (bicyclic) bond motifs is 1. The number of benzene rings is 2. The summed E-state index contributed by atoms with van der Waals surface area (Å²) in [6.07, 6.45) is 3.36. The minimum atomic E-state index is -0.958. The third kappa shape index (κ3) is 4.79. The predicted molar refractivity (Wildman–Crippen MR) is 136 cm³/mol. The Labute approximate surface area is 209 Å². The van der Waals surface area contributed by atoms with E-state index in [0.717, 1.165) is 29.9 Å². The molecule has 3 heterocycles. The number of anilines is 3. The van der Waals surface area contributed by atoms with Gasteiger partial charge in [0.05, 0.1) is 5.69 Å². The second-order valence-corrected chi connectivity index (χ2v) is 9.12. The molecule has 2 N–H and O–H groups in total. The summed E-state index contributed by atoms with van der Waals surface area (Å²) in [6.45, 7) is 0.786. The van der Waals surface area contributed by atoms with Crippen molar-refractivity contribution in [3.05, 3.63) is 89.1 Å². The summed E-state index contributed by atoms with van der Waals surface area (Å²) in [4.78, 5) is 28.8. The highest BCUT2D eigenvalue weighted by Gasteiger charge is 2.23. The fourth-order valence-electron chi connectivity index (χ4n) is 3.79. The smallest absolute Gasteiger partial charge is 0.262 e. The van der Waals surface area contributed by atoms with Gasteiger partial charge in [-0.15, -0.1) is 11.3 Å². The third-order valence-corrected chi connectivity index (χ3v) is 6.02. The van der Waals surface area contributed by atoms with Gasteiger partial charge in [-0.1, -0.05) is 18.2 Å². The minimum absolute atomic E-state index is 0.132. The molecule has 0 aliphatic heterocycles. The van der Waals surface area contributed by atoms with Crippen LogP contribution in [0, 0.1) is 11.6 Å². The van der Waals surface area contributed by atoms with Crippen LogP contribution in [0.5, 0.6) is 0 Å². The molecule has 3 aromatic heterocycles. The molecule has 5 aromatic rings. The molecule has 0 radical (unpaired) electrons. The zero-order chi connectivity index (χ0) is 25.2. The molecular weight excluding hydrogens is 484 g/mol. The van der Waals surface area contributed by atoms with Crippen LogP contribution in [0.2, 0.25) is 0 Å². The molecule has 36 heavy (non-hydrogen) atoms.